The van der Waals surface area contributed by atoms with Crippen LogP contribution in [-0.4, -0.2) is 29.1 Å². The Morgan fingerprint density at radius 2 is 1.75 bits per heavy atom. The molecule has 1 aromatic carbocycles. The standard InChI is InChI=1S/C18H27NO/c1-13(2)16-9-4-5-10-17(16)18(20)11-14-7-6-8-15(12-18)19(14)3/h4-5,9-10,13-15,20H,6-8,11-12H2,1-3H3. The first-order chi connectivity index (χ1) is 9.51. The predicted molar refractivity (Wildman–Crippen MR) is 82.9 cm³/mol. The lowest BCUT2D eigenvalue weighted by atomic mass is 9.71. The number of hydrogen-bond acceptors (Lipinski definition) is 2. The number of piperidine rings is 2. The zero-order valence-corrected chi connectivity index (χ0v) is 13.0. The first kappa shape index (κ1) is 14.1. The zero-order valence-electron chi connectivity index (χ0n) is 13.0. The van der Waals surface area contributed by atoms with E-state index in [2.05, 4.69) is 50.1 Å². The van der Waals surface area contributed by atoms with Crippen LogP contribution in [0.2, 0.25) is 0 Å². The maximum Gasteiger partial charge on any atom is 0.0929 e. The number of fused-ring (bicyclic) bond motifs is 2. The minimum Gasteiger partial charge on any atom is -0.385 e. The molecule has 2 unspecified atom stereocenters. The molecule has 2 bridgehead atoms. The van der Waals surface area contributed by atoms with Crippen molar-refractivity contribution in [2.24, 2.45) is 0 Å². The molecule has 2 heterocycles. The van der Waals surface area contributed by atoms with Crippen molar-refractivity contribution in [2.75, 3.05) is 7.05 Å². The average molecular weight is 273 g/mol. The van der Waals surface area contributed by atoms with Crippen LogP contribution in [0.15, 0.2) is 24.3 Å². The van der Waals surface area contributed by atoms with Crippen molar-refractivity contribution in [3.8, 4) is 0 Å². The van der Waals surface area contributed by atoms with E-state index in [4.69, 9.17) is 0 Å². The molecule has 110 valence electrons. The van der Waals surface area contributed by atoms with Gasteiger partial charge >= 0.3 is 0 Å². The summed E-state index contributed by atoms with van der Waals surface area (Å²) >= 11 is 0. The number of benzene rings is 1. The Labute approximate surface area is 122 Å². The quantitative estimate of drug-likeness (QED) is 0.889. The van der Waals surface area contributed by atoms with Crippen LogP contribution in [0.25, 0.3) is 0 Å². The lowest BCUT2D eigenvalue weighted by Crippen LogP contribution is -2.55. The van der Waals surface area contributed by atoms with E-state index in [9.17, 15) is 5.11 Å². The van der Waals surface area contributed by atoms with E-state index >= 15 is 0 Å². The zero-order chi connectivity index (χ0) is 14.3. The van der Waals surface area contributed by atoms with Crippen molar-refractivity contribution in [3.63, 3.8) is 0 Å². The Hall–Kier alpha value is -0.860. The summed E-state index contributed by atoms with van der Waals surface area (Å²) in [5, 5.41) is 11.4. The largest absolute Gasteiger partial charge is 0.385 e. The first-order valence-electron chi connectivity index (χ1n) is 8.05. The smallest absolute Gasteiger partial charge is 0.0929 e. The van der Waals surface area contributed by atoms with Crippen LogP contribution in [0.4, 0.5) is 0 Å². The van der Waals surface area contributed by atoms with Crippen molar-refractivity contribution < 1.29 is 5.11 Å². The van der Waals surface area contributed by atoms with Crippen LogP contribution in [0.5, 0.6) is 0 Å². The summed E-state index contributed by atoms with van der Waals surface area (Å²) in [4.78, 5) is 2.51. The Morgan fingerprint density at radius 1 is 1.15 bits per heavy atom. The van der Waals surface area contributed by atoms with Crippen molar-refractivity contribution in [3.05, 3.63) is 35.4 Å². The number of aliphatic hydroxyl groups is 1. The Morgan fingerprint density at radius 3 is 2.35 bits per heavy atom. The molecule has 3 rings (SSSR count). The van der Waals surface area contributed by atoms with Crippen molar-refractivity contribution in [1.82, 2.24) is 4.90 Å². The highest BCUT2D eigenvalue weighted by Gasteiger charge is 2.45. The molecule has 20 heavy (non-hydrogen) atoms. The molecule has 2 fully saturated rings. The molecular formula is C18H27NO. The van der Waals surface area contributed by atoms with Gasteiger partial charge in [0.1, 0.15) is 0 Å². The summed E-state index contributed by atoms with van der Waals surface area (Å²) in [6, 6.07) is 9.61. The van der Waals surface area contributed by atoms with Gasteiger partial charge in [0.05, 0.1) is 5.60 Å². The fraction of sp³-hybridized carbons (Fsp3) is 0.667. The predicted octanol–water partition coefficient (Wildman–Crippen LogP) is 3.64. The topological polar surface area (TPSA) is 23.5 Å². The van der Waals surface area contributed by atoms with E-state index in [-0.39, 0.29) is 0 Å². The summed E-state index contributed by atoms with van der Waals surface area (Å²) in [6.45, 7) is 4.44. The van der Waals surface area contributed by atoms with E-state index in [1.54, 1.807) is 0 Å². The van der Waals surface area contributed by atoms with Gasteiger partial charge < -0.3 is 10.0 Å². The summed E-state index contributed by atoms with van der Waals surface area (Å²) in [6.07, 6.45) is 5.58. The summed E-state index contributed by atoms with van der Waals surface area (Å²) in [7, 11) is 2.24. The molecule has 2 nitrogen and oxygen atoms in total. The minimum atomic E-state index is -0.622. The third kappa shape index (κ3) is 2.29. The van der Waals surface area contributed by atoms with Gasteiger partial charge in [-0.05, 0) is 49.8 Å². The van der Waals surface area contributed by atoms with Gasteiger partial charge in [-0.15, -0.1) is 0 Å². The van der Waals surface area contributed by atoms with E-state index in [1.807, 2.05) is 0 Å². The van der Waals surface area contributed by atoms with Gasteiger partial charge in [-0.3, -0.25) is 0 Å². The van der Waals surface area contributed by atoms with Crippen molar-refractivity contribution in [1.29, 1.82) is 0 Å². The van der Waals surface area contributed by atoms with E-state index in [0.717, 1.165) is 12.8 Å². The van der Waals surface area contributed by atoms with Gasteiger partial charge in [-0.2, -0.15) is 0 Å². The van der Waals surface area contributed by atoms with Gasteiger partial charge in [0.2, 0.25) is 0 Å². The van der Waals surface area contributed by atoms with Crippen molar-refractivity contribution in [2.45, 2.75) is 69.6 Å². The van der Waals surface area contributed by atoms with Gasteiger partial charge in [0, 0.05) is 12.1 Å². The molecule has 1 N–H and O–H groups in total. The van der Waals surface area contributed by atoms with Crippen LogP contribution in [0, 0.1) is 0 Å². The number of hydrogen-bond donors (Lipinski definition) is 1. The Balaban J connectivity index is 1.97. The SMILES string of the molecule is CC(C)c1ccccc1C1(O)CC2CCCC(C1)N2C. The highest BCUT2D eigenvalue weighted by Crippen LogP contribution is 2.45. The molecule has 2 atom stereocenters. The average Bonchev–Trinajstić information content (AvgIpc) is 2.41. The summed E-state index contributed by atoms with van der Waals surface area (Å²) in [5.41, 5.74) is 1.88. The molecule has 2 aliphatic rings. The van der Waals surface area contributed by atoms with Crippen LogP contribution < -0.4 is 0 Å². The lowest BCUT2D eigenvalue weighted by Gasteiger charge is -2.51. The monoisotopic (exact) mass is 273 g/mol. The molecule has 0 saturated carbocycles. The van der Waals surface area contributed by atoms with Gasteiger partial charge in [0.25, 0.3) is 0 Å². The molecule has 2 saturated heterocycles. The molecule has 0 amide bonds. The second-order valence-corrected chi connectivity index (χ2v) is 7.09. The molecular weight excluding hydrogens is 246 g/mol. The van der Waals surface area contributed by atoms with E-state index < -0.39 is 5.60 Å². The third-order valence-corrected chi connectivity index (χ3v) is 5.46. The fourth-order valence-corrected chi connectivity index (χ4v) is 4.29. The van der Waals surface area contributed by atoms with Crippen molar-refractivity contribution >= 4 is 0 Å². The summed E-state index contributed by atoms with van der Waals surface area (Å²) < 4.78 is 0. The first-order valence-corrected chi connectivity index (χ1v) is 8.05. The van der Waals surface area contributed by atoms with Crippen LogP contribution >= 0.6 is 0 Å². The molecule has 2 heteroatoms. The minimum absolute atomic E-state index is 0.467. The van der Waals surface area contributed by atoms with E-state index in [0.29, 0.717) is 18.0 Å². The third-order valence-electron chi connectivity index (χ3n) is 5.46. The molecule has 0 aliphatic carbocycles. The highest BCUT2D eigenvalue weighted by atomic mass is 16.3. The maximum absolute atomic E-state index is 11.4. The van der Waals surface area contributed by atoms with E-state index in [1.165, 1.54) is 30.4 Å². The van der Waals surface area contributed by atoms with Gasteiger partial charge in [-0.25, -0.2) is 0 Å². The van der Waals surface area contributed by atoms with Crippen LogP contribution in [0.1, 0.15) is 63.0 Å². The molecule has 0 spiro atoms. The normalized spacial score (nSPS) is 34.5. The molecule has 2 aliphatic heterocycles. The van der Waals surface area contributed by atoms with Gasteiger partial charge in [-0.1, -0.05) is 44.5 Å². The Kier molecular flexibility index (Phi) is 3.64. The van der Waals surface area contributed by atoms with Gasteiger partial charge in [0.15, 0.2) is 0 Å². The second-order valence-electron chi connectivity index (χ2n) is 7.09. The number of nitrogens with zero attached hydrogens (tertiary/aromatic N) is 1. The molecule has 0 radical (unpaired) electrons. The van der Waals surface area contributed by atoms with Crippen LogP contribution in [-0.2, 0) is 5.60 Å². The maximum atomic E-state index is 11.4. The Bertz CT molecular complexity index is 468. The number of rotatable bonds is 2. The second kappa shape index (κ2) is 5.16. The van der Waals surface area contributed by atoms with Crippen LogP contribution in [0.3, 0.4) is 0 Å². The molecule has 1 aromatic rings. The summed E-state index contributed by atoms with van der Waals surface area (Å²) in [5.74, 6) is 0.467. The molecule has 0 aromatic heterocycles. The fourth-order valence-electron chi connectivity index (χ4n) is 4.29. The highest BCUT2D eigenvalue weighted by molar-refractivity contribution is 5.35. The lowest BCUT2D eigenvalue weighted by molar-refractivity contribution is -0.0880.